The predicted octanol–water partition coefficient (Wildman–Crippen LogP) is 3.20. The lowest BCUT2D eigenvalue weighted by molar-refractivity contribution is 0.0300. The highest BCUT2D eigenvalue weighted by Crippen LogP contribution is 2.15. The van der Waals surface area contributed by atoms with E-state index < -0.39 is 5.97 Å². The number of ether oxygens (including phenoxy) is 1. The van der Waals surface area contributed by atoms with Gasteiger partial charge in [0.25, 0.3) is 0 Å². The fraction of sp³-hybridized carbons (Fsp3) is 0.583. The lowest BCUT2D eigenvalue weighted by Crippen LogP contribution is -2.09. The van der Waals surface area contributed by atoms with E-state index in [-0.39, 0.29) is 10.7 Å². The molecule has 1 rings (SSSR count). The molecular formula is C12H20ClNO3. The van der Waals surface area contributed by atoms with Gasteiger partial charge in [-0.05, 0) is 33.8 Å². The standard InChI is InChI=1S/C6H6ClNO2.C6H14O/c1-8-3-2-4(7)5(8)6(9)10;1-5(2)7-6(3)4/h2-3H,1H3,(H,9,10);5-6H,1-4H3. The number of rotatable bonds is 3. The molecule has 1 N–H and O–H groups in total. The third kappa shape index (κ3) is 6.34. The molecule has 0 saturated carbocycles. The summed E-state index contributed by atoms with van der Waals surface area (Å²) >= 11 is 5.54. The van der Waals surface area contributed by atoms with Gasteiger partial charge in [-0.3, -0.25) is 0 Å². The van der Waals surface area contributed by atoms with Crippen LogP contribution in [-0.2, 0) is 11.8 Å². The predicted molar refractivity (Wildman–Crippen MR) is 68.7 cm³/mol. The fourth-order valence-corrected chi connectivity index (χ4v) is 1.57. The number of hydrogen-bond acceptors (Lipinski definition) is 2. The van der Waals surface area contributed by atoms with Crippen molar-refractivity contribution >= 4 is 17.6 Å². The second-order valence-corrected chi connectivity index (χ2v) is 4.57. The molecule has 0 bridgehead atoms. The number of nitrogens with zero attached hydrogens (tertiary/aromatic N) is 1. The van der Waals surface area contributed by atoms with E-state index in [9.17, 15) is 4.79 Å². The maximum absolute atomic E-state index is 10.4. The summed E-state index contributed by atoms with van der Waals surface area (Å²) in [6.45, 7) is 8.17. The number of aryl methyl sites for hydroxylation is 1. The van der Waals surface area contributed by atoms with Gasteiger partial charge in [0, 0.05) is 13.2 Å². The number of carboxylic acids is 1. The van der Waals surface area contributed by atoms with Gasteiger partial charge < -0.3 is 14.4 Å². The zero-order chi connectivity index (χ0) is 13.6. The van der Waals surface area contributed by atoms with Gasteiger partial charge in [-0.2, -0.15) is 0 Å². The molecular weight excluding hydrogens is 242 g/mol. The highest BCUT2D eigenvalue weighted by molar-refractivity contribution is 6.33. The van der Waals surface area contributed by atoms with Crippen molar-refractivity contribution in [2.45, 2.75) is 39.9 Å². The van der Waals surface area contributed by atoms with Gasteiger partial charge in [-0.15, -0.1) is 0 Å². The molecule has 0 aliphatic heterocycles. The first-order chi connectivity index (χ1) is 7.75. The van der Waals surface area contributed by atoms with Gasteiger partial charge in [-0.25, -0.2) is 4.79 Å². The van der Waals surface area contributed by atoms with E-state index in [2.05, 4.69) is 0 Å². The first kappa shape index (κ1) is 16.0. The molecule has 0 aromatic carbocycles. The Labute approximate surface area is 107 Å². The number of aromatic carboxylic acids is 1. The summed E-state index contributed by atoms with van der Waals surface area (Å²) in [5, 5.41) is 8.80. The largest absolute Gasteiger partial charge is 0.477 e. The third-order valence-corrected chi connectivity index (χ3v) is 2.08. The molecule has 1 heterocycles. The Kier molecular flexibility index (Phi) is 6.92. The number of carboxylic acid groups (broad SMARTS) is 1. The Hall–Kier alpha value is -1.00. The van der Waals surface area contributed by atoms with E-state index in [1.165, 1.54) is 4.57 Å². The molecule has 1 aromatic heterocycles. The van der Waals surface area contributed by atoms with Crippen molar-refractivity contribution in [2.75, 3.05) is 0 Å². The van der Waals surface area contributed by atoms with Crippen LogP contribution < -0.4 is 0 Å². The summed E-state index contributed by atoms with van der Waals surface area (Å²) in [6.07, 6.45) is 2.35. The molecule has 0 unspecified atom stereocenters. The summed E-state index contributed by atoms with van der Waals surface area (Å²) in [6, 6.07) is 1.55. The summed E-state index contributed by atoms with van der Waals surface area (Å²) in [5.74, 6) is -1.00. The second kappa shape index (κ2) is 7.35. The van der Waals surface area contributed by atoms with E-state index in [1.807, 2.05) is 27.7 Å². The molecule has 4 nitrogen and oxygen atoms in total. The average molecular weight is 262 g/mol. The van der Waals surface area contributed by atoms with Crippen molar-refractivity contribution in [1.82, 2.24) is 4.57 Å². The average Bonchev–Trinajstić information content (AvgIpc) is 2.44. The zero-order valence-electron chi connectivity index (χ0n) is 10.9. The van der Waals surface area contributed by atoms with E-state index in [0.717, 1.165) is 0 Å². The highest BCUT2D eigenvalue weighted by Gasteiger charge is 2.11. The zero-order valence-corrected chi connectivity index (χ0v) is 11.7. The SMILES string of the molecule is CC(C)OC(C)C.Cn1ccc(Cl)c1C(=O)O. The molecule has 0 saturated heterocycles. The second-order valence-electron chi connectivity index (χ2n) is 4.16. The van der Waals surface area contributed by atoms with Gasteiger partial charge >= 0.3 is 5.97 Å². The van der Waals surface area contributed by atoms with Crippen LogP contribution in [0.1, 0.15) is 38.2 Å². The van der Waals surface area contributed by atoms with Crippen molar-refractivity contribution in [1.29, 1.82) is 0 Å². The minimum absolute atomic E-state index is 0.127. The molecule has 0 fully saturated rings. The first-order valence-electron chi connectivity index (χ1n) is 5.45. The molecule has 1 aromatic rings. The summed E-state index contributed by atoms with van der Waals surface area (Å²) in [4.78, 5) is 10.4. The van der Waals surface area contributed by atoms with Crippen LogP contribution in [0.15, 0.2) is 12.3 Å². The van der Waals surface area contributed by atoms with Crippen molar-refractivity contribution in [3.63, 3.8) is 0 Å². The number of carbonyl (C=O) groups is 1. The van der Waals surface area contributed by atoms with Crippen LogP contribution in [0.25, 0.3) is 0 Å². The third-order valence-electron chi connectivity index (χ3n) is 1.77. The molecule has 0 atom stereocenters. The van der Waals surface area contributed by atoms with Gasteiger partial charge in [0.05, 0.1) is 17.2 Å². The Balaban J connectivity index is 0.000000325. The minimum Gasteiger partial charge on any atom is -0.477 e. The Bertz CT molecular complexity index is 333. The Morgan fingerprint density at radius 2 is 1.82 bits per heavy atom. The van der Waals surface area contributed by atoms with Gasteiger partial charge in [0.15, 0.2) is 0 Å². The molecule has 0 aliphatic carbocycles. The van der Waals surface area contributed by atoms with Gasteiger partial charge in [0.2, 0.25) is 0 Å². The van der Waals surface area contributed by atoms with E-state index in [1.54, 1.807) is 19.3 Å². The molecule has 17 heavy (non-hydrogen) atoms. The normalized spacial score (nSPS) is 10.4. The van der Waals surface area contributed by atoms with E-state index in [0.29, 0.717) is 12.2 Å². The molecule has 0 amide bonds. The van der Waals surface area contributed by atoms with E-state index in [4.69, 9.17) is 21.4 Å². The van der Waals surface area contributed by atoms with Crippen LogP contribution in [0.3, 0.4) is 0 Å². The fourth-order valence-electron chi connectivity index (χ4n) is 1.30. The van der Waals surface area contributed by atoms with Gasteiger partial charge in [-0.1, -0.05) is 11.6 Å². The maximum atomic E-state index is 10.4. The van der Waals surface area contributed by atoms with Crippen LogP contribution in [0.2, 0.25) is 5.02 Å². The molecule has 98 valence electrons. The molecule has 5 heteroatoms. The highest BCUT2D eigenvalue weighted by atomic mass is 35.5. The summed E-state index contributed by atoms with van der Waals surface area (Å²) < 4.78 is 6.71. The van der Waals surface area contributed by atoms with Gasteiger partial charge in [0.1, 0.15) is 5.69 Å². The van der Waals surface area contributed by atoms with Crippen molar-refractivity contribution in [3.05, 3.63) is 23.0 Å². The van der Waals surface area contributed by atoms with Crippen molar-refractivity contribution in [3.8, 4) is 0 Å². The number of aromatic nitrogens is 1. The molecule has 0 radical (unpaired) electrons. The molecule has 0 aliphatic rings. The van der Waals surface area contributed by atoms with E-state index >= 15 is 0 Å². The van der Waals surface area contributed by atoms with Crippen LogP contribution in [0.5, 0.6) is 0 Å². The van der Waals surface area contributed by atoms with Crippen LogP contribution in [-0.4, -0.2) is 27.9 Å². The monoisotopic (exact) mass is 261 g/mol. The smallest absolute Gasteiger partial charge is 0.354 e. The lowest BCUT2D eigenvalue weighted by atomic mass is 10.4. The molecule has 0 spiro atoms. The van der Waals surface area contributed by atoms with Crippen molar-refractivity contribution < 1.29 is 14.6 Å². The summed E-state index contributed by atoms with van der Waals surface area (Å²) in [5.41, 5.74) is 0.127. The minimum atomic E-state index is -1.00. The topological polar surface area (TPSA) is 51.5 Å². The first-order valence-corrected chi connectivity index (χ1v) is 5.83. The van der Waals surface area contributed by atoms with Crippen molar-refractivity contribution in [2.24, 2.45) is 7.05 Å². The Morgan fingerprint density at radius 3 is 1.94 bits per heavy atom. The van der Waals surface area contributed by atoms with Crippen LogP contribution in [0, 0.1) is 0 Å². The van der Waals surface area contributed by atoms with Crippen LogP contribution in [0.4, 0.5) is 0 Å². The Morgan fingerprint density at radius 1 is 1.35 bits per heavy atom. The number of hydrogen-bond donors (Lipinski definition) is 1. The summed E-state index contributed by atoms with van der Waals surface area (Å²) in [7, 11) is 1.63. The maximum Gasteiger partial charge on any atom is 0.354 e. The number of halogens is 1. The lowest BCUT2D eigenvalue weighted by Gasteiger charge is -2.09. The quantitative estimate of drug-likeness (QED) is 0.909. The van der Waals surface area contributed by atoms with Crippen LogP contribution >= 0.6 is 11.6 Å².